The van der Waals surface area contributed by atoms with Gasteiger partial charge < -0.3 is 16.4 Å². The normalized spacial score (nSPS) is 11.6. The minimum absolute atomic E-state index is 0.0691. The van der Waals surface area contributed by atoms with Gasteiger partial charge in [-0.3, -0.25) is 5.41 Å². The van der Waals surface area contributed by atoms with Gasteiger partial charge >= 0.3 is 0 Å². The molecule has 0 bridgehead atoms. The summed E-state index contributed by atoms with van der Waals surface area (Å²) in [5.74, 6) is 1.54. The molecule has 2 rings (SSSR count). The van der Waals surface area contributed by atoms with Gasteiger partial charge in [-0.2, -0.15) is 4.99 Å². The number of hydrogen-bond acceptors (Lipinski definition) is 2. The number of benzene rings is 2. The Morgan fingerprint density at radius 2 is 1.71 bits per heavy atom. The standard InChI is InChI=1S/C22H31N5S/c1-2-9-19(17-28-20-12-7-4-8-13-20)16-27(22(25)26-21(23)24)15-14-18-10-5-3-6-11-18/h3-8,10-13,19H,2,9,14-17H2,1H3,(H5,23,24,25,26). The molecule has 0 aliphatic rings. The average Bonchev–Trinajstić information content (AvgIpc) is 2.70. The number of aliphatic imine (C=N–C) groups is 1. The molecule has 0 aliphatic carbocycles. The van der Waals surface area contributed by atoms with Crippen molar-refractivity contribution >= 4 is 23.7 Å². The minimum Gasteiger partial charge on any atom is -0.370 e. The number of hydrogen-bond donors (Lipinski definition) is 3. The molecule has 0 fully saturated rings. The van der Waals surface area contributed by atoms with Gasteiger partial charge in [0.2, 0.25) is 5.96 Å². The van der Waals surface area contributed by atoms with Gasteiger partial charge in [-0.25, -0.2) is 0 Å². The molecule has 0 saturated heterocycles. The summed E-state index contributed by atoms with van der Waals surface area (Å²) < 4.78 is 0. The highest BCUT2D eigenvalue weighted by molar-refractivity contribution is 7.99. The second-order valence-corrected chi connectivity index (χ2v) is 7.91. The van der Waals surface area contributed by atoms with E-state index in [-0.39, 0.29) is 11.9 Å². The molecular weight excluding hydrogens is 366 g/mol. The Morgan fingerprint density at radius 1 is 1.07 bits per heavy atom. The molecule has 0 aliphatic heterocycles. The maximum atomic E-state index is 8.34. The summed E-state index contributed by atoms with van der Waals surface area (Å²) in [7, 11) is 0. The molecule has 6 heteroatoms. The van der Waals surface area contributed by atoms with Crippen LogP contribution < -0.4 is 11.5 Å². The van der Waals surface area contributed by atoms with Gasteiger partial charge in [-0.1, -0.05) is 61.9 Å². The van der Waals surface area contributed by atoms with E-state index in [0.717, 1.165) is 38.1 Å². The lowest BCUT2D eigenvalue weighted by atomic mass is 10.0. The molecule has 2 aromatic carbocycles. The fourth-order valence-corrected chi connectivity index (χ4v) is 4.11. The van der Waals surface area contributed by atoms with Crippen LogP contribution in [0.3, 0.4) is 0 Å². The van der Waals surface area contributed by atoms with Crippen LogP contribution in [0.25, 0.3) is 0 Å². The molecule has 0 spiro atoms. The molecule has 28 heavy (non-hydrogen) atoms. The first-order chi connectivity index (χ1) is 13.6. The molecule has 1 atom stereocenters. The van der Waals surface area contributed by atoms with Crippen LogP contribution in [0, 0.1) is 11.3 Å². The number of thioether (sulfide) groups is 1. The van der Waals surface area contributed by atoms with E-state index in [9.17, 15) is 0 Å². The quantitative estimate of drug-likeness (QED) is 0.322. The van der Waals surface area contributed by atoms with E-state index in [2.05, 4.69) is 48.3 Å². The molecule has 5 N–H and O–H groups in total. The van der Waals surface area contributed by atoms with E-state index in [1.807, 2.05) is 40.9 Å². The van der Waals surface area contributed by atoms with Crippen molar-refractivity contribution in [2.24, 2.45) is 22.4 Å². The van der Waals surface area contributed by atoms with Gasteiger partial charge in [-0.15, -0.1) is 11.8 Å². The maximum absolute atomic E-state index is 8.34. The Kier molecular flexibility index (Phi) is 9.42. The Hall–Kier alpha value is -2.47. The van der Waals surface area contributed by atoms with Crippen molar-refractivity contribution < 1.29 is 0 Å². The average molecular weight is 398 g/mol. The van der Waals surface area contributed by atoms with Crippen molar-refractivity contribution in [1.29, 1.82) is 5.41 Å². The van der Waals surface area contributed by atoms with Crippen LogP contribution in [-0.2, 0) is 6.42 Å². The number of nitrogens with zero attached hydrogens (tertiary/aromatic N) is 2. The van der Waals surface area contributed by atoms with Crippen LogP contribution in [0.2, 0.25) is 0 Å². The van der Waals surface area contributed by atoms with Gasteiger partial charge in [0.25, 0.3) is 0 Å². The summed E-state index contributed by atoms with van der Waals surface area (Å²) in [4.78, 5) is 7.27. The van der Waals surface area contributed by atoms with Crippen molar-refractivity contribution in [3.8, 4) is 0 Å². The van der Waals surface area contributed by atoms with Gasteiger partial charge in [0.05, 0.1) is 0 Å². The van der Waals surface area contributed by atoms with Crippen molar-refractivity contribution in [2.45, 2.75) is 31.1 Å². The summed E-state index contributed by atoms with van der Waals surface area (Å²) in [6, 6.07) is 20.8. The SMILES string of the molecule is CCCC(CSc1ccccc1)CN(CCc1ccccc1)C(=N)N=C(N)N. The van der Waals surface area contributed by atoms with Gasteiger partial charge in [-0.05, 0) is 36.5 Å². The minimum atomic E-state index is -0.0691. The van der Waals surface area contributed by atoms with Crippen LogP contribution in [0.4, 0.5) is 0 Å². The highest BCUT2D eigenvalue weighted by Gasteiger charge is 2.17. The van der Waals surface area contributed by atoms with Crippen LogP contribution in [0.15, 0.2) is 70.6 Å². The predicted molar refractivity (Wildman–Crippen MR) is 121 cm³/mol. The van der Waals surface area contributed by atoms with Crippen molar-refractivity contribution in [3.63, 3.8) is 0 Å². The smallest absolute Gasteiger partial charge is 0.221 e. The van der Waals surface area contributed by atoms with E-state index >= 15 is 0 Å². The van der Waals surface area contributed by atoms with Gasteiger partial charge in [0.1, 0.15) is 0 Å². The third-order valence-electron chi connectivity index (χ3n) is 4.45. The molecule has 0 saturated carbocycles. The topological polar surface area (TPSA) is 91.5 Å². The number of nitrogens with one attached hydrogen (secondary N) is 1. The zero-order valence-corrected chi connectivity index (χ0v) is 17.4. The molecule has 2 aromatic rings. The monoisotopic (exact) mass is 397 g/mol. The zero-order valence-electron chi connectivity index (χ0n) is 16.6. The van der Waals surface area contributed by atoms with E-state index in [4.69, 9.17) is 16.9 Å². The third kappa shape index (κ3) is 8.05. The fraction of sp³-hybridized carbons (Fsp3) is 0.364. The first-order valence-corrected chi connectivity index (χ1v) is 10.7. The largest absolute Gasteiger partial charge is 0.370 e. The summed E-state index contributed by atoms with van der Waals surface area (Å²) in [6.45, 7) is 3.70. The number of rotatable bonds is 10. The van der Waals surface area contributed by atoms with Crippen molar-refractivity contribution in [2.75, 3.05) is 18.8 Å². The lowest BCUT2D eigenvalue weighted by Crippen LogP contribution is -2.38. The second kappa shape index (κ2) is 12.1. The van der Waals surface area contributed by atoms with E-state index in [1.165, 1.54) is 10.5 Å². The summed E-state index contributed by atoms with van der Waals surface area (Å²) >= 11 is 1.87. The molecular formula is C22H31N5S. The Morgan fingerprint density at radius 3 is 2.32 bits per heavy atom. The van der Waals surface area contributed by atoms with Crippen LogP contribution in [0.1, 0.15) is 25.3 Å². The molecule has 0 radical (unpaired) electrons. The second-order valence-electron chi connectivity index (χ2n) is 6.82. The molecule has 5 nitrogen and oxygen atoms in total. The van der Waals surface area contributed by atoms with Crippen molar-refractivity contribution in [1.82, 2.24) is 4.90 Å². The van der Waals surface area contributed by atoms with Crippen LogP contribution >= 0.6 is 11.8 Å². The van der Waals surface area contributed by atoms with Crippen LogP contribution in [0.5, 0.6) is 0 Å². The van der Waals surface area contributed by atoms with E-state index in [1.54, 1.807) is 0 Å². The maximum Gasteiger partial charge on any atom is 0.221 e. The zero-order chi connectivity index (χ0) is 20.2. The van der Waals surface area contributed by atoms with E-state index < -0.39 is 0 Å². The highest BCUT2D eigenvalue weighted by atomic mass is 32.2. The van der Waals surface area contributed by atoms with Gasteiger partial charge in [0.15, 0.2) is 5.96 Å². The number of guanidine groups is 2. The summed E-state index contributed by atoms with van der Waals surface area (Å²) in [6.07, 6.45) is 3.08. The van der Waals surface area contributed by atoms with Crippen molar-refractivity contribution in [3.05, 3.63) is 66.2 Å². The Labute approximate surface area is 172 Å². The first-order valence-electron chi connectivity index (χ1n) is 9.73. The Bertz CT molecular complexity index is 729. The lowest BCUT2D eigenvalue weighted by Gasteiger charge is -2.28. The lowest BCUT2D eigenvalue weighted by molar-refractivity contribution is 0.340. The molecule has 0 amide bonds. The predicted octanol–water partition coefficient (Wildman–Crippen LogP) is 3.95. The first kappa shape index (κ1) is 21.8. The van der Waals surface area contributed by atoms with Crippen LogP contribution in [-0.4, -0.2) is 35.7 Å². The molecule has 1 unspecified atom stereocenters. The summed E-state index contributed by atoms with van der Waals surface area (Å²) in [5.41, 5.74) is 12.3. The number of nitrogens with two attached hydrogens (primary N) is 2. The van der Waals surface area contributed by atoms with E-state index in [0.29, 0.717) is 5.92 Å². The molecule has 150 valence electrons. The summed E-state index contributed by atoms with van der Waals surface area (Å²) in [5, 5.41) is 8.34. The third-order valence-corrected chi connectivity index (χ3v) is 5.70. The Balaban J connectivity index is 2.03. The van der Waals surface area contributed by atoms with Gasteiger partial charge in [0, 0.05) is 23.7 Å². The molecule has 0 aromatic heterocycles. The molecule has 0 heterocycles. The highest BCUT2D eigenvalue weighted by Crippen LogP contribution is 2.23. The fourth-order valence-electron chi connectivity index (χ4n) is 3.06.